The van der Waals surface area contributed by atoms with Crippen molar-refractivity contribution in [1.29, 1.82) is 0 Å². The van der Waals surface area contributed by atoms with Crippen LogP contribution < -0.4 is 15.2 Å². The molecule has 3 aromatic carbocycles. The highest BCUT2D eigenvalue weighted by atomic mass is 16.5. The van der Waals surface area contributed by atoms with Crippen molar-refractivity contribution in [3.8, 4) is 33.9 Å². The third-order valence-corrected chi connectivity index (χ3v) is 5.76. The second-order valence-electron chi connectivity index (χ2n) is 7.93. The van der Waals surface area contributed by atoms with E-state index in [0.717, 1.165) is 54.4 Å². The van der Waals surface area contributed by atoms with Crippen molar-refractivity contribution in [2.75, 3.05) is 31.2 Å². The van der Waals surface area contributed by atoms with Gasteiger partial charge >= 0.3 is 0 Å². The number of hydrogen-bond donors (Lipinski definition) is 0. The van der Waals surface area contributed by atoms with Gasteiger partial charge < -0.3 is 14.4 Å². The predicted octanol–water partition coefficient (Wildman–Crippen LogP) is 4.74. The molecule has 0 saturated carbocycles. The number of aryl methyl sites for hydroxylation is 1. The minimum Gasteiger partial charge on any atom is -0.457 e. The van der Waals surface area contributed by atoms with Crippen LogP contribution in [0.3, 0.4) is 0 Å². The van der Waals surface area contributed by atoms with Crippen molar-refractivity contribution in [2.24, 2.45) is 7.05 Å². The van der Waals surface area contributed by atoms with Gasteiger partial charge in [0, 0.05) is 43.0 Å². The highest BCUT2D eigenvalue weighted by Crippen LogP contribution is 2.37. The lowest BCUT2D eigenvalue weighted by molar-refractivity contribution is 0.122. The molecule has 0 bridgehead atoms. The van der Waals surface area contributed by atoms with Crippen LogP contribution in [0.1, 0.15) is 0 Å². The summed E-state index contributed by atoms with van der Waals surface area (Å²) < 4.78 is 13.0. The zero-order chi connectivity index (χ0) is 22.6. The summed E-state index contributed by atoms with van der Waals surface area (Å²) in [5.74, 6) is 1.42. The summed E-state index contributed by atoms with van der Waals surface area (Å²) in [6, 6.07) is 27.3. The summed E-state index contributed by atoms with van der Waals surface area (Å²) in [6.07, 6.45) is 0. The Morgan fingerprint density at radius 1 is 0.848 bits per heavy atom. The molecule has 6 heteroatoms. The molecule has 6 nitrogen and oxygen atoms in total. The van der Waals surface area contributed by atoms with Crippen molar-refractivity contribution in [2.45, 2.75) is 0 Å². The fourth-order valence-corrected chi connectivity index (χ4v) is 4.00. The Balaban J connectivity index is 1.56. The third-order valence-electron chi connectivity index (χ3n) is 5.76. The summed E-state index contributed by atoms with van der Waals surface area (Å²) in [5, 5.41) is 4.63. The lowest BCUT2D eigenvalue weighted by Gasteiger charge is -2.29. The second kappa shape index (κ2) is 9.30. The highest BCUT2D eigenvalue weighted by Gasteiger charge is 2.17. The molecule has 0 aliphatic carbocycles. The molecule has 4 aromatic rings. The quantitative estimate of drug-likeness (QED) is 0.449. The number of nitrogens with zero attached hydrogens (tertiary/aromatic N) is 3. The van der Waals surface area contributed by atoms with Crippen LogP contribution in [0.5, 0.6) is 11.5 Å². The fourth-order valence-electron chi connectivity index (χ4n) is 4.00. The highest BCUT2D eigenvalue weighted by molar-refractivity contribution is 5.83. The Labute approximate surface area is 192 Å². The smallest absolute Gasteiger partial charge is 0.267 e. The maximum Gasteiger partial charge on any atom is 0.267 e. The Kier molecular flexibility index (Phi) is 5.91. The second-order valence-corrected chi connectivity index (χ2v) is 7.93. The average molecular weight is 440 g/mol. The van der Waals surface area contributed by atoms with Crippen LogP contribution in [0.15, 0.2) is 89.7 Å². The van der Waals surface area contributed by atoms with Crippen LogP contribution in [-0.4, -0.2) is 36.1 Å². The van der Waals surface area contributed by atoms with Gasteiger partial charge in [-0.1, -0.05) is 42.5 Å². The van der Waals surface area contributed by atoms with Crippen LogP contribution in [0.4, 0.5) is 5.69 Å². The largest absolute Gasteiger partial charge is 0.457 e. The monoisotopic (exact) mass is 439 g/mol. The van der Waals surface area contributed by atoms with Crippen LogP contribution >= 0.6 is 0 Å². The molecule has 1 aromatic heterocycles. The molecule has 2 heterocycles. The topological polar surface area (TPSA) is 56.6 Å². The zero-order valence-electron chi connectivity index (χ0n) is 18.5. The van der Waals surface area contributed by atoms with Gasteiger partial charge in [0.1, 0.15) is 17.2 Å². The molecule has 0 atom stereocenters. The summed E-state index contributed by atoms with van der Waals surface area (Å²) in [5.41, 5.74) is 4.21. The summed E-state index contributed by atoms with van der Waals surface area (Å²) in [6.45, 7) is 3.23. The van der Waals surface area contributed by atoms with E-state index in [9.17, 15) is 4.79 Å². The van der Waals surface area contributed by atoms with Crippen LogP contribution in [0.25, 0.3) is 22.4 Å². The summed E-state index contributed by atoms with van der Waals surface area (Å²) >= 11 is 0. The molecule has 5 rings (SSSR count). The molecule has 1 aliphatic heterocycles. The third kappa shape index (κ3) is 4.52. The van der Waals surface area contributed by atoms with Gasteiger partial charge in [-0.05, 0) is 42.0 Å². The lowest BCUT2D eigenvalue weighted by Crippen LogP contribution is -2.36. The molecule has 0 N–H and O–H groups in total. The molecule has 33 heavy (non-hydrogen) atoms. The number of anilines is 1. The van der Waals surface area contributed by atoms with E-state index < -0.39 is 0 Å². The molecule has 0 spiro atoms. The molecule has 166 valence electrons. The Hall–Kier alpha value is -3.90. The average Bonchev–Trinajstić information content (AvgIpc) is 2.87. The number of benzene rings is 3. The first-order chi connectivity index (χ1) is 16.2. The lowest BCUT2D eigenvalue weighted by atomic mass is 9.99. The first-order valence-corrected chi connectivity index (χ1v) is 11.0. The van der Waals surface area contributed by atoms with E-state index in [1.54, 1.807) is 13.1 Å². The zero-order valence-corrected chi connectivity index (χ0v) is 18.5. The van der Waals surface area contributed by atoms with Gasteiger partial charge in [0.25, 0.3) is 5.56 Å². The van der Waals surface area contributed by atoms with Crippen molar-refractivity contribution in [3.63, 3.8) is 0 Å². The molecule has 1 saturated heterocycles. The fraction of sp³-hybridized carbons (Fsp3) is 0.185. The number of morpholine rings is 1. The van der Waals surface area contributed by atoms with Crippen molar-refractivity contribution in [1.82, 2.24) is 9.78 Å². The number of rotatable bonds is 5. The first-order valence-electron chi connectivity index (χ1n) is 11.0. The standard InChI is InChI=1S/C27H25N3O3/c1-29-26(31)19-24(20-11-13-21(14-12-20)30-15-17-32-18-16-30)27(28-29)23-9-5-6-10-25(23)33-22-7-3-2-4-8-22/h2-14,19H,15-18H2,1H3. The van der Waals surface area contributed by atoms with E-state index in [-0.39, 0.29) is 5.56 Å². The SMILES string of the molecule is Cn1nc(-c2ccccc2Oc2ccccc2)c(-c2ccc(N3CCOCC3)cc2)cc1=O. The predicted molar refractivity (Wildman–Crippen MR) is 130 cm³/mol. The Morgan fingerprint density at radius 3 is 2.30 bits per heavy atom. The van der Waals surface area contributed by atoms with Gasteiger partial charge in [-0.3, -0.25) is 4.79 Å². The number of aromatic nitrogens is 2. The number of hydrogen-bond acceptors (Lipinski definition) is 5. The van der Waals surface area contributed by atoms with Gasteiger partial charge in [-0.25, -0.2) is 4.68 Å². The molecular weight excluding hydrogens is 414 g/mol. The van der Waals surface area contributed by atoms with Gasteiger partial charge in [-0.15, -0.1) is 0 Å². The summed E-state index contributed by atoms with van der Waals surface area (Å²) in [7, 11) is 1.66. The Morgan fingerprint density at radius 2 is 1.55 bits per heavy atom. The normalized spacial score (nSPS) is 13.7. The van der Waals surface area contributed by atoms with E-state index in [1.165, 1.54) is 4.68 Å². The van der Waals surface area contributed by atoms with Crippen molar-refractivity contribution in [3.05, 3.63) is 95.3 Å². The van der Waals surface area contributed by atoms with Crippen molar-refractivity contribution < 1.29 is 9.47 Å². The van der Waals surface area contributed by atoms with Gasteiger partial charge in [0.2, 0.25) is 0 Å². The number of para-hydroxylation sites is 2. The molecule has 1 aliphatic rings. The van der Waals surface area contributed by atoms with Gasteiger partial charge in [0.05, 0.1) is 13.2 Å². The van der Waals surface area contributed by atoms with E-state index >= 15 is 0 Å². The minimum atomic E-state index is -0.160. The maximum atomic E-state index is 12.5. The molecular formula is C27H25N3O3. The van der Waals surface area contributed by atoms with Crippen molar-refractivity contribution >= 4 is 5.69 Å². The summed E-state index contributed by atoms with van der Waals surface area (Å²) in [4.78, 5) is 14.8. The van der Waals surface area contributed by atoms with Gasteiger partial charge in [0.15, 0.2) is 0 Å². The van der Waals surface area contributed by atoms with Crippen LogP contribution in [0.2, 0.25) is 0 Å². The molecule has 0 radical (unpaired) electrons. The van der Waals surface area contributed by atoms with Crippen LogP contribution in [-0.2, 0) is 11.8 Å². The van der Waals surface area contributed by atoms with E-state index in [2.05, 4.69) is 22.1 Å². The van der Waals surface area contributed by atoms with Gasteiger partial charge in [-0.2, -0.15) is 5.10 Å². The molecule has 1 fully saturated rings. The van der Waals surface area contributed by atoms with E-state index in [4.69, 9.17) is 9.47 Å². The van der Waals surface area contributed by atoms with E-state index in [1.807, 2.05) is 66.7 Å². The minimum absolute atomic E-state index is 0.160. The number of ether oxygens (including phenoxy) is 2. The Bertz CT molecular complexity index is 1290. The van der Waals surface area contributed by atoms with E-state index in [0.29, 0.717) is 11.4 Å². The molecule has 0 unspecified atom stereocenters. The maximum absolute atomic E-state index is 12.5. The molecule has 0 amide bonds. The first kappa shape index (κ1) is 21.0. The van der Waals surface area contributed by atoms with Crippen LogP contribution in [0, 0.1) is 0 Å².